The highest BCUT2D eigenvalue weighted by Gasteiger charge is 2.21. The predicted molar refractivity (Wildman–Crippen MR) is 144 cm³/mol. The molecule has 2 aromatic rings. The van der Waals surface area contributed by atoms with E-state index in [9.17, 15) is 9.59 Å². The molecular weight excluding hydrogens is 456 g/mol. The summed E-state index contributed by atoms with van der Waals surface area (Å²) in [7, 11) is 3.85. The third kappa shape index (κ3) is 7.66. The molecule has 0 unspecified atom stereocenters. The molecule has 9 heteroatoms. The number of pyridine rings is 1. The number of carbonyl (C=O) groups excluding carboxylic acids is 2. The Labute approximate surface area is 214 Å². The number of aryl methyl sites for hydroxylation is 2. The second-order valence-electron chi connectivity index (χ2n) is 9.53. The third-order valence-corrected chi connectivity index (χ3v) is 6.89. The molecule has 4 N–H and O–H groups in total. The molecule has 1 aromatic heterocycles. The summed E-state index contributed by atoms with van der Waals surface area (Å²) in [6.07, 6.45) is 3.79. The number of benzene rings is 1. The number of amides is 2. The molecule has 0 radical (unpaired) electrons. The molecule has 1 fully saturated rings. The summed E-state index contributed by atoms with van der Waals surface area (Å²) in [6, 6.07) is 10.5. The Morgan fingerprint density at radius 2 is 1.83 bits per heavy atom. The number of nitrogens with zero attached hydrogens (tertiary/aromatic N) is 3. The third-order valence-electron chi connectivity index (χ3n) is 6.89. The van der Waals surface area contributed by atoms with E-state index >= 15 is 0 Å². The van der Waals surface area contributed by atoms with Crippen LogP contribution in [0.4, 0.5) is 17.2 Å². The van der Waals surface area contributed by atoms with Gasteiger partial charge in [0, 0.05) is 45.5 Å². The molecule has 2 heterocycles. The Bertz CT molecular complexity index is 1010. The number of hydrogen-bond donors (Lipinski definition) is 3. The molecule has 2 atom stereocenters. The van der Waals surface area contributed by atoms with E-state index < -0.39 is 11.8 Å². The first kappa shape index (κ1) is 27.4. The van der Waals surface area contributed by atoms with Crippen LogP contribution in [0.5, 0.6) is 0 Å². The molecule has 0 saturated carbocycles. The Balaban J connectivity index is 1.44. The van der Waals surface area contributed by atoms with Crippen molar-refractivity contribution in [1.82, 2.24) is 15.2 Å². The maximum Gasteiger partial charge on any atom is 0.313 e. The molecule has 0 aliphatic carbocycles. The lowest BCUT2D eigenvalue weighted by atomic mass is 9.97. The van der Waals surface area contributed by atoms with Gasteiger partial charge in [0.05, 0.1) is 18.0 Å². The largest absolute Gasteiger partial charge is 0.383 e. The van der Waals surface area contributed by atoms with E-state index in [2.05, 4.69) is 56.7 Å². The highest BCUT2D eigenvalue weighted by Crippen LogP contribution is 2.20. The van der Waals surface area contributed by atoms with Crippen LogP contribution in [-0.2, 0) is 27.2 Å². The summed E-state index contributed by atoms with van der Waals surface area (Å²) in [6.45, 7) is 8.59. The highest BCUT2D eigenvalue weighted by atomic mass is 16.5. The van der Waals surface area contributed by atoms with E-state index in [0.717, 1.165) is 44.6 Å². The maximum atomic E-state index is 12.3. The molecular formula is C27H40N6O3. The number of anilines is 3. The van der Waals surface area contributed by atoms with Crippen LogP contribution in [0, 0.1) is 5.92 Å². The molecule has 196 valence electrons. The van der Waals surface area contributed by atoms with Gasteiger partial charge in [-0.3, -0.25) is 9.59 Å². The van der Waals surface area contributed by atoms with Gasteiger partial charge in [-0.25, -0.2) is 4.98 Å². The number of aromatic nitrogens is 1. The number of ether oxygens (including phenoxy) is 1. The number of piperazine rings is 1. The van der Waals surface area contributed by atoms with Crippen LogP contribution in [0.1, 0.15) is 31.4 Å². The zero-order valence-electron chi connectivity index (χ0n) is 21.9. The van der Waals surface area contributed by atoms with Crippen molar-refractivity contribution in [3.8, 4) is 0 Å². The number of nitrogens with two attached hydrogens (primary N) is 1. The average molecular weight is 497 g/mol. The molecule has 0 spiro atoms. The van der Waals surface area contributed by atoms with Gasteiger partial charge in [0.2, 0.25) is 0 Å². The maximum absolute atomic E-state index is 12.3. The summed E-state index contributed by atoms with van der Waals surface area (Å²) in [5, 5.41) is 5.30. The second kappa shape index (κ2) is 13.2. The molecule has 1 saturated heterocycles. The lowest BCUT2D eigenvalue weighted by Crippen LogP contribution is -2.44. The van der Waals surface area contributed by atoms with Crippen LogP contribution >= 0.6 is 0 Å². The fourth-order valence-corrected chi connectivity index (χ4v) is 4.41. The van der Waals surface area contributed by atoms with Crippen molar-refractivity contribution >= 4 is 29.0 Å². The van der Waals surface area contributed by atoms with E-state index in [1.54, 1.807) is 13.2 Å². The topological polar surface area (TPSA) is 113 Å². The Morgan fingerprint density at radius 3 is 2.47 bits per heavy atom. The minimum atomic E-state index is -0.731. The molecule has 2 amide bonds. The standard InChI is InChI=1S/C27H40N6O3/c1-5-21-16-22(18-29-25(21)28)31-27(35)26(34)30-17-19(2)24(36-4)11-8-20-6-9-23(10-7-20)33-14-12-32(3)13-15-33/h6-7,9-10,16,18-19,24H,5,8,11-15,17H2,1-4H3,(H2,28,29)(H,30,34)(H,31,35)/t19-,24-/m0/s1. The van der Waals surface area contributed by atoms with E-state index in [0.29, 0.717) is 24.5 Å². The van der Waals surface area contributed by atoms with Gasteiger partial charge in [0.15, 0.2) is 0 Å². The zero-order valence-corrected chi connectivity index (χ0v) is 21.9. The number of rotatable bonds is 10. The van der Waals surface area contributed by atoms with Crippen LogP contribution in [0.15, 0.2) is 36.5 Å². The van der Waals surface area contributed by atoms with Crippen LogP contribution < -0.4 is 21.3 Å². The monoisotopic (exact) mass is 496 g/mol. The van der Waals surface area contributed by atoms with E-state index in [1.165, 1.54) is 17.4 Å². The zero-order chi connectivity index (χ0) is 26.1. The van der Waals surface area contributed by atoms with Crippen LogP contribution in [-0.4, -0.2) is 74.7 Å². The van der Waals surface area contributed by atoms with E-state index in [1.807, 2.05) is 13.8 Å². The van der Waals surface area contributed by atoms with Crippen molar-refractivity contribution in [2.24, 2.45) is 5.92 Å². The van der Waals surface area contributed by atoms with Crippen molar-refractivity contribution in [2.75, 3.05) is 62.8 Å². The fourth-order valence-electron chi connectivity index (χ4n) is 4.41. The molecule has 36 heavy (non-hydrogen) atoms. The summed E-state index contributed by atoms with van der Waals surface area (Å²) >= 11 is 0. The SMILES string of the molecule is CCc1cc(NC(=O)C(=O)NC[C@H](C)[C@H](CCc2ccc(N3CCN(C)CC3)cc2)OC)cnc1N. The van der Waals surface area contributed by atoms with Crippen molar-refractivity contribution < 1.29 is 14.3 Å². The van der Waals surface area contributed by atoms with Gasteiger partial charge in [-0.15, -0.1) is 0 Å². The summed E-state index contributed by atoms with van der Waals surface area (Å²) in [5.74, 6) is -0.956. The number of nitrogen functional groups attached to an aromatic ring is 1. The lowest BCUT2D eigenvalue weighted by molar-refractivity contribution is -0.136. The predicted octanol–water partition coefficient (Wildman–Crippen LogP) is 2.32. The smallest absolute Gasteiger partial charge is 0.313 e. The molecule has 1 aliphatic heterocycles. The molecule has 9 nitrogen and oxygen atoms in total. The van der Waals surface area contributed by atoms with Gasteiger partial charge >= 0.3 is 11.8 Å². The first-order valence-electron chi connectivity index (χ1n) is 12.7. The Hall–Kier alpha value is -3.17. The van der Waals surface area contributed by atoms with Crippen molar-refractivity contribution in [3.05, 3.63) is 47.7 Å². The molecule has 1 aromatic carbocycles. The van der Waals surface area contributed by atoms with Gasteiger partial charge in [-0.2, -0.15) is 0 Å². The first-order chi connectivity index (χ1) is 17.3. The van der Waals surface area contributed by atoms with Gasteiger partial charge in [0.25, 0.3) is 0 Å². The summed E-state index contributed by atoms with van der Waals surface area (Å²) < 4.78 is 5.70. The van der Waals surface area contributed by atoms with Crippen LogP contribution in [0.25, 0.3) is 0 Å². The summed E-state index contributed by atoms with van der Waals surface area (Å²) in [4.78, 5) is 33.5. The summed E-state index contributed by atoms with van der Waals surface area (Å²) in [5.41, 5.74) is 9.59. The minimum Gasteiger partial charge on any atom is -0.383 e. The van der Waals surface area contributed by atoms with Gasteiger partial charge in [0.1, 0.15) is 5.82 Å². The van der Waals surface area contributed by atoms with Gasteiger partial charge < -0.3 is 30.9 Å². The van der Waals surface area contributed by atoms with E-state index in [-0.39, 0.29) is 12.0 Å². The normalized spacial score (nSPS) is 15.8. The minimum absolute atomic E-state index is 0.0425. The average Bonchev–Trinajstić information content (AvgIpc) is 2.89. The number of methoxy groups -OCH3 is 1. The number of hydrogen-bond acceptors (Lipinski definition) is 7. The number of carbonyl (C=O) groups is 2. The molecule has 1 aliphatic rings. The van der Waals surface area contributed by atoms with Crippen LogP contribution in [0.3, 0.4) is 0 Å². The quantitative estimate of drug-likeness (QED) is 0.433. The Morgan fingerprint density at radius 1 is 1.14 bits per heavy atom. The van der Waals surface area contributed by atoms with Crippen LogP contribution in [0.2, 0.25) is 0 Å². The van der Waals surface area contributed by atoms with Gasteiger partial charge in [-0.05, 0) is 61.6 Å². The molecule has 0 bridgehead atoms. The van der Waals surface area contributed by atoms with Crippen molar-refractivity contribution in [3.63, 3.8) is 0 Å². The second-order valence-corrected chi connectivity index (χ2v) is 9.53. The number of nitrogens with one attached hydrogen (secondary N) is 2. The first-order valence-corrected chi connectivity index (χ1v) is 12.7. The number of likely N-dealkylation sites (N-methyl/N-ethyl adjacent to an activating group) is 1. The lowest BCUT2D eigenvalue weighted by Gasteiger charge is -2.34. The van der Waals surface area contributed by atoms with Crippen molar-refractivity contribution in [2.45, 2.75) is 39.2 Å². The fraction of sp³-hybridized carbons (Fsp3) is 0.519. The highest BCUT2D eigenvalue weighted by molar-refractivity contribution is 6.39. The Kier molecular flexibility index (Phi) is 10.1. The van der Waals surface area contributed by atoms with Crippen molar-refractivity contribution in [1.29, 1.82) is 0 Å². The van der Waals surface area contributed by atoms with Gasteiger partial charge in [-0.1, -0.05) is 26.0 Å². The molecule has 3 rings (SSSR count). The van der Waals surface area contributed by atoms with E-state index in [4.69, 9.17) is 10.5 Å².